The molecule has 5 rings (SSSR count). The summed E-state index contributed by atoms with van der Waals surface area (Å²) in [6.07, 6.45) is 0. The van der Waals surface area contributed by atoms with E-state index in [0.717, 1.165) is 33.6 Å². The summed E-state index contributed by atoms with van der Waals surface area (Å²) in [4.78, 5) is 28.2. The second kappa shape index (κ2) is 9.69. The van der Waals surface area contributed by atoms with Gasteiger partial charge in [0.1, 0.15) is 0 Å². The molecule has 7 heteroatoms. The van der Waals surface area contributed by atoms with E-state index in [9.17, 15) is 9.59 Å². The lowest BCUT2D eigenvalue weighted by Crippen LogP contribution is -2.26. The summed E-state index contributed by atoms with van der Waals surface area (Å²) in [6, 6.07) is 19.3. The minimum absolute atomic E-state index is 0.211. The predicted molar refractivity (Wildman–Crippen MR) is 154 cm³/mol. The van der Waals surface area contributed by atoms with E-state index in [2.05, 4.69) is 10.2 Å². The number of nitrogens with one attached hydrogen (secondary N) is 2. The van der Waals surface area contributed by atoms with Crippen LogP contribution in [0.4, 0.5) is 0 Å². The van der Waals surface area contributed by atoms with Crippen molar-refractivity contribution in [1.82, 2.24) is 19.6 Å². The van der Waals surface area contributed by atoms with Crippen molar-refractivity contribution < 1.29 is 0 Å². The van der Waals surface area contributed by atoms with E-state index in [1.54, 1.807) is 15.4 Å². The smallest absolute Gasteiger partial charge is 0.275 e. The van der Waals surface area contributed by atoms with Crippen LogP contribution in [0.25, 0.3) is 11.4 Å². The Labute approximate surface area is 226 Å². The van der Waals surface area contributed by atoms with Crippen LogP contribution in [0.15, 0.2) is 70.3 Å². The number of benzene rings is 3. The van der Waals surface area contributed by atoms with Gasteiger partial charge in [-0.1, -0.05) is 65.2 Å². The standard InChI is InChI=1S/C31H31ClN4O2/c1-17-11-13-25(19(3)15-17)35-30(37)27(21(5)33-35)29(23-9-7-8-10-24(23)32)28-22(6)34-36(31(28)38)26-14-12-18(2)16-20(26)4/h7-16,29,33-34H,1-6H3. The summed E-state index contributed by atoms with van der Waals surface area (Å²) in [5, 5.41) is 7.02. The first-order valence-corrected chi connectivity index (χ1v) is 13.0. The van der Waals surface area contributed by atoms with Crippen LogP contribution >= 0.6 is 11.6 Å². The van der Waals surface area contributed by atoms with Gasteiger partial charge in [0.2, 0.25) is 0 Å². The van der Waals surface area contributed by atoms with Gasteiger partial charge < -0.3 is 0 Å². The van der Waals surface area contributed by atoms with Gasteiger partial charge in [-0.05, 0) is 76.4 Å². The first-order chi connectivity index (χ1) is 18.1. The Hall–Kier alpha value is -4.03. The zero-order valence-electron chi connectivity index (χ0n) is 22.4. The Morgan fingerprint density at radius 2 is 1.11 bits per heavy atom. The fourth-order valence-electron chi connectivity index (χ4n) is 5.42. The molecule has 0 aliphatic heterocycles. The molecule has 2 heterocycles. The van der Waals surface area contributed by atoms with Crippen LogP contribution in [0.1, 0.15) is 56.2 Å². The number of H-pyrrole nitrogens is 2. The van der Waals surface area contributed by atoms with E-state index >= 15 is 0 Å². The van der Waals surface area contributed by atoms with Gasteiger partial charge in [0, 0.05) is 16.4 Å². The zero-order chi connectivity index (χ0) is 27.3. The van der Waals surface area contributed by atoms with Crippen molar-refractivity contribution in [2.24, 2.45) is 0 Å². The van der Waals surface area contributed by atoms with Gasteiger partial charge in [-0.25, -0.2) is 9.36 Å². The monoisotopic (exact) mass is 526 g/mol. The van der Waals surface area contributed by atoms with Crippen LogP contribution < -0.4 is 11.1 Å². The van der Waals surface area contributed by atoms with Crippen molar-refractivity contribution in [2.45, 2.75) is 47.5 Å². The van der Waals surface area contributed by atoms with Gasteiger partial charge >= 0.3 is 0 Å². The van der Waals surface area contributed by atoms with Crippen LogP contribution in [0.5, 0.6) is 0 Å². The number of hydrogen-bond acceptors (Lipinski definition) is 2. The Balaban J connectivity index is 1.79. The van der Waals surface area contributed by atoms with Crippen molar-refractivity contribution in [1.29, 1.82) is 0 Å². The highest BCUT2D eigenvalue weighted by Gasteiger charge is 2.32. The normalized spacial score (nSPS) is 11.5. The van der Waals surface area contributed by atoms with Crippen LogP contribution in [0, 0.1) is 41.5 Å². The van der Waals surface area contributed by atoms with Crippen molar-refractivity contribution >= 4 is 11.6 Å². The van der Waals surface area contributed by atoms with Crippen molar-refractivity contribution in [3.63, 3.8) is 0 Å². The molecule has 3 aromatic carbocycles. The summed E-state index contributed by atoms with van der Waals surface area (Å²) in [7, 11) is 0. The van der Waals surface area contributed by atoms with E-state index < -0.39 is 5.92 Å². The maximum Gasteiger partial charge on any atom is 0.275 e. The second-order valence-electron chi connectivity index (χ2n) is 10.1. The molecule has 6 nitrogen and oxygen atoms in total. The van der Waals surface area contributed by atoms with Crippen LogP contribution in [0.2, 0.25) is 5.02 Å². The molecule has 38 heavy (non-hydrogen) atoms. The molecule has 0 bridgehead atoms. The summed E-state index contributed by atoms with van der Waals surface area (Å²) in [6.45, 7) is 11.7. The molecule has 0 amide bonds. The summed E-state index contributed by atoms with van der Waals surface area (Å²) < 4.78 is 3.13. The highest BCUT2D eigenvalue weighted by molar-refractivity contribution is 6.31. The third kappa shape index (κ3) is 4.25. The van der Waals surface area contributed by atoms with E-state index in [-0.39, 0.29) is 11.1 Å². The number of rotatable bonds is 5. The Morgan fingerprint density at radius 3 is 1.53 bits per heavy atom. The predicted octanol–water partition coefficient (Wildman–Crippen LogP) is 6.33. The molecule has 0 saturated heterocycles. The fourth-order valence-corrected chi connectivity index (χ4v) is 5.66. The maximum absolute atomic E-state index is 14.1. The van der Waals surface area contributed by atoms with Gasteiger partial charge in [0.05, 0.1) is 28.4 Å². The molecule has 0 aliphatic rings. The van der Waals surface area contributed by atoms with Crippen LogP contribution in [-0.2, 0) is 0 Å². The van der Waals surface area contributed by atoms with Gasteiger partial charge in [-0.15, -0.1) is 0 Å². The number of aromatic amines is 2. The minimum atomic E-state index is -0.671. The number of hydrogen-bond donors (Lipinski definition) is 2. The number of nitrogens with zero attached hydrogens (tertiary/aromatic N) is 2. The van der Waals surface area contributed by atoms with E-state index in [1.165, 1.54) is 0 Å². The molecule has 0 radical (unpaired) electrons. The first-order valence-electron chi connectivity index (χ1n) is 12.6. The number of halogens is 1. The summed E-state index contributed by atoms with van der Waals surface area (Å²) in [5.74, 6) is -0.671. The average Bonchev–Trinajstić information content (AvgIpc) is 3.30. The number of aryl methyl sites for hydroxylation is 6. The highest BCUT2D eigenvalue weighted by atomic mass is 35.5. The molecule has 2 aromatic heterocycles. The Bertz CT molecular complexity index is 1690. The highest BCUT2D eigenvalue weighted by Crippen LogP contribution is 2.36. The molecule has 2 N–H and O–H groups in total. The van der Waals surface area contributed by atoms with E-state index in [4.69, 9.17) is 11.6 Å². The molecular weight excluding hydrogens is 496 g/mol. The largest absolute Gasteiger partial charge is 0.295 e. The first kappa shape index (κ1) is 25.6. The fraction of sp³-hybridized carbons (Fsp3) is 0.226. The van der Waals surface area contributed by atoms with Gasteiger partial charge in [-0.2, -0.15) is 0 Å². The Morgan fingerprint density at radius 1 is 0.658 bits per heavy atom. The lowest BCUT2D eigenvalue weighted by atomic mass is 9.85. The molecule has 0 atom stereocenters. The third-order valence-electron chi connectivity index (χ3n) is 7.21. The lowest BCUT2D eigenvalue weighted by Gasteiger charge is -2.17. The van der Waals surface area contributed by atoms with E-state index in [0.29, 0.717) is 33.1 Å². The number of aromatic nitrogens is 4. The van der Waals surface area contributed by atoms with Crippen molar-refractivity contribution in [3.8, 4) is 11.4 Å². The second-order valence-corrected chi connectivity index (χ2v) is 10.5. The molecular formula is C31H31ClN4O2. The average molecular weight is 527 g/mol. The minimum Gasteiger partial charge on any atom is -0.295 e. The van der Waals surface area contributed by atoms with Gasteiger partial charge in [-0.3, -0.25) is 19.8 Å². The molecule has 0 aliphatic carbocycles. The molecule has 194 valence electrons. The quantitative estimate of drug-likeness (QED) is 0.281. The third-order valence-corrected chi connectivity index (χ3v) is 7.56. The zero-order valence-corrected chi connectivity index (χ0v) is 23.2. The molecule has 0 unspecified atom stereocenters. The summed E-state index contributed by atoms with van der Waals surface area (Å²) >= 11 is 6.72. The van der Waals surface area contributed by atoms with Gasteiger partial charge in [0.25, 0.3) is 11.1 Å². The molecule has 0 saturated carbocycles. The maximum atomic E-state index is 14.1. The summed E-state index contributed by atoms with van der Waals surface area (Å²) in [5.41, 5.74) is 8.35. The van der Waals surface area contributed by atoms with Gasteiger partial charge in [0.15, 0.2) is 0 Å². The molecule has 0 fully saturated rings. The Kier molecular flexibility index (Phi) is 6.53. The van der Waals surface area contributed by atoms with Crippen molar-refractivity contribution in [3.05, 3.63) is 137 Å². The lowest BCUT2D eigenvalue weighted by molar-refractivity contribution is 0.824. The van der Waals surface area contributed by atoms with Crippen molar-refractivity contribution in [2.75, 3.05) is 0 Å². The molecule has 5 aromatic rings. The molecule has 0 spiro atoms. The topological polar surface area (TPSA) is 75.6 Å². The van der Waals surface area contributed by atoms with Crippen LogP contribution in [0.3, 0.4) is 0 Å². The van der Waals surface area contributed by atoms with E-state index in [1.807, 2.05) is 96.1 Å². The van der Waals surface area contributed by atoms with Crippen LogP contribution in [-0.4, -0.2) is 19.6 Å². The SMILES string of the molecule is Cc1ccc(-n2[nH]c(C)c(C(c3ccccc3Cl)c3c(C)[nH]n(-c4ccc(C)cc4C)c3=O)c2=O)c(C)c1.